The molecule has 2 aromatic rings. The molecule has 1 aromatic heterocycles. The molecule has 0 amide bonds. The van der Waals surface area contributed by atoms with E-state index >= 15 is 0 Å². The van der Waals surface area contributed by atoms with Gasteiger partial charge in [-0.25, -0.2) is 0 Å². The molecule has 0 aliphatic rings. The van der Waals surface area contributed by atoms with E-state index in [1.54, 1.807) is 0 Å². The lowest BCUT2D eigenvalue weighted by atomic mass is 10.1. The quantitative estimate of drug-likeness (QED) is 0.717. The number of hydrogen-bond donors (Lipinski definition) is 3. The van der Waals surface area contributed by atoms with Crippen molar-refractivity contribution >= 4 is 5.69 Å². The molecule has 0 atom stereocenters. The van der Waals surface area contributed by atoms with Crippen LogP contribution in [0, 0.1) is 0 Å². The molecular formula is C13H16N2O. The molecule has 0 unspecified atom stereocenters. The first-order valence-electron chi connectivity index (χ1n) is 5.44. The van der Waals surface area contributed by atoms with Crippen molar-refractivity contribution in [1.29, 1.82) is 0 Å². The SMILES string of the molecule is OCCc1ccc(NCc2cc[nH]c2)cc1. The van der Waals surface area contributed by atoms with E-state index in [1.165, 1.54) is 5.56 Å². The van der Waals surface area contributed by atoms with Crippen molar-refractivity contribution in [2.75, 3.05) is 11.9 Å². The van der Waals surface area contributed by atoms with Gasteiger partial charge in [0.1, 0.15) is 0 Å². The largest absolute Gasteiger partial charge is 0.396 e. The highest BCUT2D eigenvalue weighted by molar-refractivity contribution is 5.45. The van der Waals surface area contributed by atoms with Gasteiger partial charge in [-0.05, 0) is 35.7 Å². The van der Waals surface area contributed by atoms with Gasteiger partial charge in [0.25, 0.3) is 0 Å². The lowest BCUT2D eigenvalue weighted by Gasteiger charge is -2.05. The van der Waals surface area contributed by atoms with Crippen LogP contribution in [0.15, 0.2) is 42.7 Å². The Kier molecular flexibility index (Phi) is 3.62. The van der Waals surface area contributed by atoms with Gasteiger partial charge in [-0.15, -0.1) is 0 Å². The highest BCUT2D eigenvalue weighted by Crippen LogP contribution is 2.11. The van der Waals surface area contributed by atoms with Crippen molar-refractivity contribution in [2.45, 2.75) is 13.0 Å². The second-order valence-electron chi connectivity index (χ2n) is 3.74. The van der Waals surface area contributed by atoms with E-state index in [0.29, 0.717) is 0 Å². The third-order valence-electron chi connectivity index (χ3n) is 2.51. The molecule has 0 radical (unpaired) electrons. The van der Waals surface area contributed by atoms with Crippen LogP contribution < -0.4 is 5.32 Å². The minimum Gasteiger partial charge on any atom is -0.396 e. The molecule has 3 N–H and O–H groups in total. The Labute approximate surface area is 95.1 Å². The first kappa shape index (κ1) is 10.8. The number of hydrogen-bond acceptors (Lipinski definition) is 2. The van der Waals surface area contributed by atoms with Crippen LogP contribution in [0.1, 0.15) is 11.1 Å². The smallest absolute Gasteiger partial charge is 0.0471 e. The van der Waals surface area contributed by atoms with Gasteiger partial charge in [0.15, 0.2) is 0 Å². The lowest BCUT2D eigenvalue weighted by Crippen LogP contribution is -1.98. The molecule has 1 aromatic carbocycles. The van der Waals surface area contributed by atoms with Crippen LogP contribution in [0.2, 0.25) is 0 Å². The van der Waals surface area contributed by atoms with Gasteiger partial charge in [-0.1, -0.05) is 12.1 Å². The zero-order chi connectivity index (χ0) is 11.2. The summed E-state index contributed by atoms with van der Waals surface area (Å²) in [6, 6.07) is 10.2. The predicted molar refractivity (Wildman–Crippen MR) is 65.4 cm³/mol. The Hall–Kier alpha value is -1.74. The van der Waals surface area contributed by atoms with Crippen molar-refractivity contribution in [3.8, 4) is 0 Å². The lowest BCUT2D eigenvalue weighted by molar-refractivity contribution is 0.299. The van der Waals surface area contributed by atoms with E-state index in [0.717, 1.165) is 24.2 Å². The summed E-state index contributed by atoms with van der Waals surface area (Å²) >= 11 is 0. The third kappa shape index (κ3) is 2.87. The molecule has 0 fully saturated rings. The number of H-pyrrole nitrogens is 1. The van der Waals surface area contributed by atoms with Gasteiger partial charge < -0.3 is 15.4 Å². The van der Waals surface area contributed by atoms with Crippen molar-refractivity contribution in [3.63, 3.8) is 0 Å². The number of aromatic nitrogens is 1. The zero-order valence-corrected chi connectivity index (χ0v) is 9.11. The molecule has 3 heteroatoms. The first-order chi connectivity index (χ1) is 7.88. The summed E-state index contributed by atoms with van der Waals surface area (Å²) in [7, 11) is 0. The maximum atomic E-state index is 8.80. The van der Waals surface area contributed by atoms with Crippen molar-refractivity contribution in [2.24, 2.45) is 0 Å². The molecule has 0 aliphatic carbocycles. The maximum absolute atomic E-state index is 8.80. The molecule has 1 heterocycles. The molecular weight excluding hydrogens is 200 g/mol. The highest BCUT2D eigenvalue weighted by atomic mass is 16.2. The van der Waals surface area contributed by atoms with Crippen molar-refractivity contribution in [1.82, 2.24) is 4.98 Å². The number of benzene rings is 1. The number of rotatable bonds is 5. The Morgan fingerprint density at radius 2 is 1.88 bits per heavy atom. The monoisotopic (exact) mass is 216 g/mol. The summed E-state index contributed by atoms with van der Waals surface area (Å²) in [5.41, 5.74) is 3.50. The average Bonchev–Trinajstić information content (AvgIpc) is 2.82. The molecule has 0 spiro atoms. The third-order valence-corrected chi connectivity index (χ3v) is 2.51. The van der Waals surface area contributed by atoms with Crippen LogP contribution in [0.3, 0.4) is 0 Å². The number of nitrogens with one attached hydrogen (secondary N) is 2. The van der Waals surface area contributed by atoms with Crippen LogP contribution in [0.25, 0.3) is 0 Å². The van der Waals surface area contributed by atoms with Gasteiger partial charge in [0.2, 0.25) is 0 Å². The zero-order valence-electron chi connectivity index (χ0n) is 9.11. The average molecular weight is 216 g/mol. The van der Waals surface area contributed by atoms with Crippen LogP contribution >= 0.6 is 0 Å². The van der Waals surface area contributed by atoms with Gasteiger partial charge in [-0.2, -0.15) is 0 Å². The summed E-state index contributed by atoms with van der Waals surface area (Å²) < 4.78 is 0. The summed E-state index contributed by atoms with van der Waals surface area (Å²) in [5.74, 6) is 0. The standard InChI is InChI=1S/C13H16N2O/c16-8-6-11-1-3-13(4-2-11)15-10-12-5-7-14-9-12/h1-5,7,9,14-16H,6,8,10H2. The van der Waals surface area contributed by atoms with Crippen LogP contribution in [0.4, 0.5) is 5.69 Å². The van der Waals surface area contributed by atoms with E-state index in [9.17, 15) is 0 Å². The van der Waals surface area contributed by atoms with Gasteiger partial charge in [0.05, 0.1) is 0 Å². The van der Waals surface area contributed by atoms with Crippen molar-refractivity contribution in [3.05, 3.63) is 53.9 Å². The maximum Gasteiger partial charge on any atom is 0.0471 e. The van der Waals surface area contributed by atoms with E-state index < -0.39 is 0 Å². The molecule has 0 aliphatic heterocycles. The molecule has 3 nitrogen and oxygen atoms in total. The fourth-order valence-corrected chi connectivity index (χ4v) is 1.59. The Bertz CT molecular complexity index is 406. The summed E-state index contributed by atoms with van der Waals surface area (Å²) in [5, 5.41) is 12.1. The first-order valence-corrected chi connectivity index (χ1v) is 5.44. The van der Waals surface area contributed by atoms with Crippen molar-refractivity contribution < 1.29 is 5.11 Å². The predicted octanol–water partition coefficient (Wildman–Crippen LogP) is 2.16. The Morgan fingerprint density at radius 3 is 2.50 bits per heavy atom. The van der Waals surface area contributed by atoms with E-state index in [-0.39, 0.29) is 6.61 Å². The van der Waals surface area contributed by atoms with Crippen LogP contribution in [-0.4, -0.2) is 16.7 Å². The normalized spacial score (nSPS) is 10.3. The minimum atomic E-state index is 0.204. The fourth-order valence-electron chi connectivity index (χ4n) is 1.59. The molecule has 0 bridgehead atoms. The number of anilines is 1. The molecule has 0 saturated heterocycles. The summed E-state index contributed by atoms with van der Waals surface area (Å²) in [4.78, 5) is 3.02. The van der Waals surface area contributed by atoms with E-state index in [4.69, 9.17) is 5.11 Å². The minimum absolute atomic E-state index is 0.204. The fraction of sp³-hybridized carbons (Fsp3) is 0.231. The molecule has 16 heavy (non-hydrogen) atoms. The van der Waals surface area contributed by atoms with Crippen LogP contribution in [-0.2, 0) is 13.0 Å². The topological polar surface area (TPSA) is 48.0 Å². The summed E-state index contributed by atoms with van der Waals surface area (Å²) in [6.45, 7) is 1.03. The van der Waals surface area contributed by atoms with E-state index in [2.05, 4.69) is 10.3 Å². The Morgan fingerprint density at radius 1 is 1.06 bits per heavy atom. The van der Waals surface area contributed by atoms with Crippen LogP contribution in [0.5, 0.6) is 0 Å². The second kappa shape index (κ2) is 5.37. The number of aromatic amines is 1. The molecule has 84 valence electrons. The van der Waals surface area contributed by atoms with Gasteiger partial charge >= 0.3 is 0 Å². The number of aliphatic hydroxyl groups is 1. The second-order valence-corrected chi connectivity index (χ2v) is 3.74. The van der Waals surface area contributed by atoms with Gasteiger partial charge in [-0.3, -0.25) is 0 Å². The molecule has 2 rings (SSSR count). The molecule has 0 saturated carbocycles. The number of aliphatic hydroxyl groups excluding tert-OH is 1. The van der Waals surface area contributed by atoms with Gasteiger partial charge in [0, 0.05) is 31.2 Å². The Balaban J connectivity index is 1.90. The summed E-state index contributed by atoms with van der Waals surface area (Å²) in [6.07, 6.45) is 4.62. The van der Waals surface area contributed by atoms with E-state index in [1.807, 2.05) is 42.7 Å². The highest BCUT2D eigenvalue weighted by Gasteiger charge is 1.95.